The van der Waals surface area contributed by atoms with Gasteiger partial charge in [-0.25, -0.2) is 0 Å². The van der Waals surface area contributed by atoms with Crippen molar-refractivity contribution in [3.63, 3.8) is 0 Å². The van der Waals surface area contributed by atoms with Crippen molar-refractivity contribution >= 4 is 11.6 Å². The molecule has 0 aliphatic rings. The number of hydrogen-bond acceptors (Lipinski definition) is 3. The minimum Gasteiger partial charge on any atom is -0.492 e. The zero-order valence-electron chi connectivity index (χ0n) is 12.6. The molecule has 21 heavy (non-hydrogen) atoms. The lowest BCUT2D eigenvalue weighted by atomic mass is 10.2. The molecule has 5 heteroatoms. The number of halogens is 1. The van der Waals surface area contributed by atoms with Crippen molar-refractivity contribution in [3.05, 3.63) is 47.2 Å². The standard InChI is InChI=1S/C16H22ClN3O/c1-3-10-18-15(12-21-13-8-6-5-7-9-13)16-14(17)11-19-20(16)4-2/h5-9,11,15,18H,3-4,10,12H2,1-2H3. The van der Waals surface area contributed by atoms with Gasteiger partial charge in [0.25, 0.3) is 0 Å². The van der Waals surface area contributed by atoms with Crippen LogP contribution in [0, 0.1) is 0 Å². The third-order valence-corrected chi connectivity index (χ3v) is 3.55. The minimum atomic E-state index is 0.0279. The van der Waals surface area contributed by atoms with Crippen molar-refractivity contribution in [1.29, 1.82) is 0 Å². The van der Waals surface area contributed by atoms with E-state index >= 15 is 0 Å². The molecule has 1 unspecified atom stereocenters. The Bertz CT molecular complexity index is 542. The number of aryl methyl sites for hydroxylation is 1. The molecule has 0 aliphatic heterocycles. The van der Waals surface area contributed by atoms with E-state index in [4.69, 9.17) is 16.3 Å². The Kier molecular flexibility index (Phi) is 6.08. The summed E-state index contributed by atoms with van der Waals surface area (Å²) in [4.78, 5) is 0. The zero-order chi connectivity index (χ0) is 15.1. The SMILES string of the molecule is CCCNC(COc1ccccc1)c1c(Cl)cnn1CC. The van der Waals surface area contributed by atoms with Crippen LogP contribution >= 0.6 is 11.6 Å². The lowest BCUT2D eigenvalue weighted by molar-refractivity contribution is 0.259. The van der Waals surface area contributed by atoms with Crippen LogP contribution in [0.15, 0.2) is 36.5 Å². The van der Waals surface area contributed by atoms with Gasteiger partial charge in [-0.05, 0) is 32.0 Å². The third-order valence-electron chi connectivity index (χ3n) is 3.26. The molecular weight excluding hydrogens is 286 g/mol. The molecule has 0 radical (unpaired) electrons. The Labute approximate surface area is 131 Å². The summed E-state index contributed by atoms with van der Waals surface area (Å²) in [6.07, 6.45) is 2.75. The van der Waals surface area contributed by atoms with Crippen LogP contribution in [0.4, 0.5) is 0 Å². The van der Waals surface area contributed by atoms with E-state index in [2.05, 4.69) is 24.3 Å². The van der Waals surface area contributed by atoms with Crippen LogP contribution in [-0.4, -0.2) is 22.9 Å². The quantitative estimate of drug-likeness (QED) is 0.808. The fraction of sp³-hybridized carbons (Fsp3) is 0.438. The number of hydrogen-bond donors (Lipinski definition) is 1. The van der Waals surface area contributed by atoms with E-state index in [9.17, 15) is 0 Å². The highest BCUT2D eigenvalue weighted by Gasteiger charge is 2.20. The first kappa shape index (κ1) is 15.9. The highest BCUT2D eigenvalue weighted by Crippen LogP contribution is 2.24. The van der Waals surface area contributed by atoms with Crippen LogP contribution in [0.5, 0.6) is 5.75 Å². The van der Waals surface area contributed by atoms with E-state index in [1.165, 1.54) is 0 Å². The van der Waals surface area contributed by atoms with E-state index < -0.39 is 0 Å². The molecule has 0 saturated heterocycles. The molecule has 1 heterocycles. The third kappa shape index (κ3) is 4.22. The first-order chi connectivity index (χ1) is 10.3. The Hall–Kier alpha value is -1.52. The van der Waals surface area contributed by atoms with Crippen molar-refractivity contribution in [3.8, 4) is 5.75 Å². The van der Waals surface area contributed by atoms with Crippen LogP contribution in [0.3, 0.4) is 0 Å². The van der Waals surface area contributed by atoms with Crippen LogP contribution in [0.2, 0.25) is 5.02 Å². The molecular formula is C16H22ClN3O. The molecule has 0 bridgehead atoms. The van der Waals surface area contributed by atoms with Crippen molar-refractivity contribution in [2.45, 2.75) is 32.9 Å². The second-order valence-electron chi connectivity index (χ2n) is 4.82. The van der Waals surface area contributed by atoms with Gasteiger partial charge in [-0.1, -0.05) is 36.7 Å². The normalized spacial score (nSPS) is 12.3. The first-order valence-electron chi connectivity index (χ1n) is 7.38. The summed E-state index contributed by atoms with van der Waals surface area (Å²) in [5.74, 6) is 0.861. The number of para-hydroxylation sites is 1. The zero-order valence-corrected chi connectivity index (χ0v) is 13.3. The van der Waals surface area contributed by atoms with Crippen LogP contribution in [0.1, 0.15) is 32.0 Å². The molecule has 0 saturated carbocycles. The fourth-order valence-corrected chi connectivity index (χ4v) is 2.49. The van der Waals surface area contributed by atoms with E-state index in [0.717, 1.165) is 31.0 Å². The Morgan fingerprint density at radius 2 is 2.05 bits per heavy atom. The molecule has 0 aliphatic carbocycles. The number of nitrogens with zero attached hydrogens (tertiary/aromatic N) is 2. The monoisotopic (exact) mass is 307 g/mol. The van der Waals surface area contributed by atoms with Gasteiger partial charge in [-0.2, -0.15) is 5.10 Å². The van der Waals surface area contributed by atoms with Crippen LogP contribution < -0.4 is 10.1 Å². The average Bonchev–Trinajstić information content (AvgIpc) is 2.89. The largest absolute Gasteiger partial charge is 0.492 e. The molecule has 0 fully saturated rings. The second kappa shape index (κ2) is 8.05. The summed E-state index contributed by atoms with van der Waals surface area (Å²) >= 11 is 6.30. The Morgan fingerprint density at radius 1 is 1.29 bits per heavy atom. The van der Waals surface area contributed by atoms with Crippen LogP contribution in [-0.2, 0) is 6.54 Å². The number of ether oxygens (including phenoxy) is 1. The van der Waals surface area contributed by atoms with Gasteiger partial charge in [-0.15, -0.1) is 0 Å². The van der Waals surface area contributed by atoms with E-state index in [1.807, 2.05) is 35.0 Å². The molecule has 0 spiro atoms. The molecule has 4 nitrogen and oxygen atoms in total. The molecule has 1 aromatic carbocycles. The molecule has 1 atom stereocenters. The van der Waals surface area contributed by atoms with E-state index in [-0.39, 0.29) is 6.04 Å². The van der Waals surface area contributed by atoms with E-state index in [1.54, 1.807) is 6.20 Å². The predicted molar refractivity (Wildman–Crippen MR) is 85.9 cm³/mol. The molecule has 0 amide bonds. The fourth-order valence-electron chi connectivity index (χ4n) is 2.22. The maximum Gasteiger partial charge on any atom is 0.119 e. The maximum absolute atomic E-state index is 6.30. The number of rotatable bonds is 8. The summed E-state index contributed by atoms with van der Waals surface area (Å²) in [6, 6.07) is 9.84. The summed E-state index contributed by atoms with van der Waals surface area (Å²) in [5.41, 5.74) is 0.989. The number of nitrogens with one attached hydrogen (secondary N) is 1. The van der Waals surface area contributed by atoms with Crippen molar-refractivity contribution in [2.75, 3.05) is 13.2 Å². The summed E-state index contributed by atoms with van der Waals surface area (Å²) in [7, 11) is 0. The summed E-state index contributed by atoms with van der Waals surface area (Å²) in [5, 5.41) is 8.48. The van der Waals surface area contributed by atoms with Gasteiger partial charge in [0.05, 0.1) is 23.0 Å². The first-order valence-corrected chi connectivity index (χ1v) is 7.76. The van der Waals surface area contributed by atoms with Crippen molar-refractivity contribution < 1.29 is 4.74 Å². The Balaban J connectivity index is 2.12. The highest BCUT2D eigenvalue weighted by atomic mass is 35.5. The van der Waals surface area contributed by atoms with Gasteiger partial charge in [0.2, 0.25) is 0 Å². The molecule has 1 N–H and O–H groups in total. The van der Waals surface area contributed by atoms with Gasteiger partial charge < -0.3 is 10.1 Å². The smallest absolute Gasteiger partial charge is 0.119 e. The van der Waals surface area contributed by atoms with E-state index in [0.29, 0.717) is 11.6 Å². The topological polar surface area (TPSA) is 39.1 Å². The molecule has 2 aromatic rings. The molecule has 114 valence electrons. The molecule has 1 aromatic heterocycles. The minimum absolute atomic E-state index is 0.0279. The molecule has 2 rings (SSSR count). The lowest BCUT2D eigenvalue weighted by Gasteiger charge is -2.20. The highest BCUT2D eigenvalue weighted by molar-refractivity contribution is 6.31. The summed E-state index contributed by atoms with van der Waals surface area (Å²) in [6.45, 7) is 6.42. The second-order valence-corrected chi connectivity index (χ2v) is 5.23. The van der Waals surface area contributed by atoms with Gasteiger partial charge >= 0.3 is 0 Å². The van der Waals surface area contributed by atoms with Crippen LogP contribution in [0.25, 0.3) is 0 Å². The van der Waals surface area contributed by atoms with Crippen molar-refractivity contribution in [2.24, 2.45) is 0 Å². The van der Waals surface area contributed by atoms with Crippen molar-refractivity contribution in [1.82, 2.24) is 15.1 Å². The lowest BCUT2D eigenvalue weighted by Crippen LogP contribution is -2.30. The summed E-state index contributed by atoms with van der Waals surface area (Å²) < 4.78 is 7.80. The number of benzene rings is 1. The van der Waals surface area contributed by atoms with Gasteiger partial charge in [0.1, 0.15) is 12.4 Å². The van der Waals surface area contributed by atoms with Gasteiger partial charge in [0.15, 0.2) is 0 Å². The Morgan fingerprint density at radius 3 is 2.71 bits per heavy atom. The van der Waals surface area contributed by atoms with Gasteiger partial charge in [-0.3, -0.25) is 4.68 Å². The maximum atomic E-state index is 6.30. The predicted octanol–water partition coefficient (Wildman–Crippen LogP) is 3.68. The average molecular weight is 308 g/mol. The number of aromatic nitrogens is 2. The van der Waals surface area contributed by atoms with Gasteiger partial charge in [0, 0.05) is 6.54 Å².